The van der Waals surface area contributed by atoms with Crippen LogP contribution < -0.4 is 4.90 Å². The molecule has 1 N–H and O–H groups in total. The summed E-state index contributed by atoms with van der Waals surface area (Å²) in [5.41, 5.74) is 2.72. The number of anilines is 1. The number of hydrogen-bond donors (Lipinski definition) is 1. The number of rotatable bonds is 3. The maximum atomic E-state index is 13.0. The number of hydrogen-bond acceptors (Lipinski definition) is 4. The molecule has 0 unspecified atom stereocenters. The van der Waals surface area contributed by atoms with Gasteiger partial charge in [0.15, 0.2) is 5.82 Å². The maximum Gasteiger partial charge on any atom is 0.266 e. The minimum absolute atomic E-state index is 0.306. The fourth-order valence-electron chi connectivity index (χ4n) is 3.53. The molecule has 0 spiro atoms. The summed E-state index contributed by atoms with van der Waals surface area (Å²) >= 11 is 5.27. The molecule has 0 radical (unpaired) electrons. The second-order valence-corrected chi connectivity index (χ2v) is 6.92. The fraction of sp³-hybridized carbons (Fsp3) is 0. The van der Waals surface area contributed by atoms with Crippen molar-refractivity contribution < 1.29 is 9.59 Å². The Hall–Kier alpha value is -3.84. The average Bonchev–Trinajstić information content (AvgIpc) is 3.27. The molecule has 1 aromatic heterocycles. The van der Waals surface area contributed by atoms with Gasteiger partial charge in [-0.1, -0.05) is 42.5 Å². The van der Waals surface area contributed by atoms with Gasteiger partial charge in [-0.25, -0.2) is 9.58 Å². The molecule has 5 rings (SSSR count). The molecule has 2 amide bonds. The van der Waals surface area contributed by atoms with Gasteiger partial charge in [-0.3, -0.25) is 14.7 Å². The van der Waals surface area contributed by atoms with Crippen LogP contribution in [-0.2, 0) is 0 Å². The largest absolute Gasteiger partial charge is 0.268 e. The van der Waals surface area contributed by atoms with Gasteiger partial charge in [0.1, 0.15) is 0 Å². The summed E-state index contributed by atoms with van der Waals surface area (Å²) in [4.78, 5) is 31.7. The summed E-state index contributed by atoms with van der Waals surface area (Å²) in [5, 5.41) is 3.05. The van der Waals surface area contributed by atoms with Gasteiger partial charge in [0, 0.05) is 5.56 Å². The molecule has 0 saturated carbocycles. The summed E-state index contributed by atoms with van der Waals surface area (Å²) in [6.07, 6.45) is 0. The van der Waals surface area contributed by atoms with Gasteiger partial charge in [0.05, 0.1) is 22.5 Å². The zero-order valence-electron chi connectivity index (χ0n) is 15.1. The van der Waals surface area contributed by atoms with Crippen LogP contribution in [-0.4, -0.2) is 26.6 Å². The number of benzene rings is 3. The number of carbonyl (C=O) groups excluding carboxylic acids is 2. The maximum absolute atomic E-state index is 13.0. The predicted molar refractivity (Wildman–Crippen MR) is 112 cm³/mol. The third-order valence-corrected chi connectivity index (χ3v) is 5.00. The molecule has 1 aliphatic rings. The smallest absolute Gasteiger partial charge is 0.266 e. The lowest BCUT2D eigenvalue weighted by Gasteiger charge is -2.18. The number of fused-ring (bicyclic) bond motifs is 1. The summed E-state index contributed by atoms with van der Waals surface area (Å²) < 4.78 is 2.06. The summed E-state index contributed by atoms with van der Waals surface area (Å²) in [6.45, 7) is 0. The Labute approximate surface area is 171 Å². The average molecular weight is 398 g/mol. The highest BCUT2D eigenvalue weighted by Crippen LogP contribution is 2.35. The Balaban J connectivity index is 1.70. The lowest BCUT2D eigenvalue weighted by Crippen LogP contribution is -2.30. The molecule has 0 aliphatic carbocycles. The predicted octanol–water partition coefficient (Wildman–Crippen LogP) is 4.40. The Morgan fingerprint density at radius 3 is 1.93 bits per heavy atom. The van der Waals surface area contributed by atoms with E-state index in [0.29, 0.717) is 33.0 Å². The van der Waals surface area contributed by atoms with Crippen LogP contribution in [0.5, 0.6) is 0 Å². The first-order chi connectivity index (χ1) is 14.1. The van der Waals surface area contributed by atoms with E-state index in [1.807, 2.05) is 42.5 Å². The van der Waals surface area contributed by atoms with Crippen molar-refractivity contribution in [3.8, 4) is 17.1 Å². The van der Waals surface area contributed by atoms with Gasteiger partial charge in [-0.2, -0.15) is 4.98 Å². The van der Waals surface area contributed by atoms with E-state index < -0.39 is 0 Å². The van der Waals surface area contributed by atoms with E-state index in [-0.39, 0.29) is 11.8 Å². The first-order valence-corrected chi connectivity index (χ1v) is 9.37. The molecular weight excluding hydrogens is 384 g/mol. The SMILES string of the molecule is O=C1c2ccccc2C(=O)N1c1ccccc1-c1nc(=S)[nH]n1-c1ccccc1. The van der Waals surface area contributed by atoms with Crippen molar-refractivity contribution in [2.24, 2.45) is 0 Å². The van der Waals surface area contributed by atoms with Gasteiger partial charge in [0.25, 0.3) is 11.8 Å². The van der Waals surface area contributed by atoms with Gasteiger partial charge < -0.3 is 0 Å². The van der Waals surface area contributed by atoms with Crippen molar-refractivity contribution in [3.63, 3.8) is 0 Å². The van der Waals surface area contributed by atoms with E-state index >= 15 is 0 Å². The molecule has 140 valence electrons. The van der Waals surface area contributed by atoms with Crippen LogP contribution in [0.25, 0.3) is 17.1 Å². The Kier molecular flexibility index (Phi) is 3.96. The van der Waals surface area contributed by atoms with Crippen LogP contribution in [0.1, 0.15) is 20.7 Å². The number of amides is 2. The monoisotopic (exact) mass is 398 g/mol. The van der Waals surface area contributed by atoms with E-state index in [1.165, 1.54) is 4.90 Å². The fourth-order valence-corrected chi connectivity index (χ4v) is 3.71. The minimum atomic E-state index is -0.349. The number of H-pyrrole nitrogens is 1. The van der Waals surface area contributed by atoms with Gasteiger partial charge in [-0.05, 0) is 48.6 Å². The Morgan fingerprint density at radius 1 is 0.724 bits per heavy atom. The summed E-state index contributed by atoms with van der Waals surface area (Å²) in [6, 6.07) is 23.6. The van der Waals surface area contributed by atoms with E-state index in [4.69, 9.17) is 12.2 Å². The number of carbonyl (C=O) groups is 2. The lowest BCUT2D eigenvalue weighted by molar-refractivity contribution is 0.0926. The molecule has 1 aliphatic heterocycles. The number of imide groups is 1. The highest BCUT2D eigenvalue weighted by atomic mass is 32.1. The lowest BCUT2D eigenvalue weighted by atomic mass is 10.1. The molecule has 0 saturated heterocycles. The number of nitrogens with zero attached hydrogens (tertiary/aromatic N) is 3. The van der Waals surface area contributed by atoms with Crippen molar-refractivity contribution in [2.75, 3.05) is 4.90 Å². The molecule has 0 atom stereocenters. The van der Waals surface area contributed by atoms with Crippen LogP contribution in [0.3, 0.4) is 0 Å². The van der Waals surface area contributed by atoms with Crippen molar-refractivity contribution >= 4 is 29.7 Å². The zero-order chi connectivity index (χ0) is 20.0. The molecule has 7 heteroatoms. The molecule has 0 bridgehead atoms. The normalized spacial score (nSPS) is 13.0. The third-order valence-electron chi connectivity index (χ3n) is 4.82. The highest BCUT2D eigenvalue weighted by molar-refractivity contribution is 7.71. The van der Waals surface area contributed by atoms with Crippen LogP contribution in [0.4, 0.5) is 5.69 Å². The van der Waals surface area contributed by atoms with E-state index in [9.17, 15) is 9.59 Å². The van der Waals surface area contributed by atoms with Crippen molar-refractivity contribution in [3.05, 3.63) is 94.8 Å². The molecule has 29 heavy (non-hydrogen) atoms. The standard InChI is InChI=1S/C22H14N4O2S/c27-20-15-10-4-5-11-16(15)21(28)25(20)18-13-7-6-12-17(18)19-23-22(29)24-26(19)14-8-2-1-3-9-14/h1-13H,(H,24,29). The van der Waals surface area contributed by atoms with Gasteiger partial charge in [0.2, 0.25) is 4.77 Å². The first-order valence-electron chi connectivity index (χ1n) is 8.97. The van der Waals surface area contributed by atoms with Gasteiger partial charge >= 0.3 is 0 Å². The highest BCUT2D eigenvalue weighted by Gasteiger charge is 2.37. The van der Waals surface area contributed by atoms with Crippen LogP contribution in [0, 0.1) is 4.77 Å². The second-order valence-electron chi connectivity index (χ2n) is 6.53. The van der Waals surface area contributed by atoms with E-state index in [2.05, 4.69) is 10.1 Å². The Bertz CT molecular complexity index is 1290. The van der Waals surface area contributed by atoms with Crippen molar-refractivity contribution in [1.82, 2.24) is 14.8 Å². The molecule has 6 nitrogen and oxygen atoms in total. The molecular formula is C22H14N4O2S. The van der Waals surface area contributed by atoms with Crippen LogP contribution in [0.15, 0.2) is 78.9 Å². The zero-order valence-corrected chi connectivity index (χ0v) is 15.9. The van der Waals surface area contributed by atoms with E-state index in [1.54, 1.807) is 41.1 Å². The number of aromatic nitrogens is 3. The Morgan fingerprint density at radius 2 is 1.28 bits per heavy atom. The van der Waals surface area contributed by atoms with Crippen LogP contribution >= 0.6 is 12.2 Å². The minimum Gasteiger partial charge on any atom is -0.268 e. The summed E-state index contributed by atoms with van der Waals surface area (Å²) in [7, 11) is 0. The summed E-state index contributed by atoms with van der Waals surface area (Å²) in [5.74, 6) is -0.176. The topological polar surface area (TPSA) is 71.0 Å². The number of nitrogens with one attached hydrogen (secondary N) is 1. The van der Waals surface area contributed by atoms with Crippen molar-refractivity contribution in [2.45, 2.75) is 0 Å². The quantitative estimate of drug-likeness (QED) is 0.410. The molecule has 2 heterocycles. The van der Waals surface area contributed by atoms with E-state index in [0.717, 1.165) is 5.69 Å². The number of aromatic amines is 1. The van der Waals surface area contributed by atoms with Crippen molar-refractivity contribution in [1.29, 1.82) is 0 Å². The van der Waals surface area contributed by atoms with Gasteiger partial charge in [-0.15, -0.1) is 0 Å². The van der Waals surface area contributed by atoms with Crippen LogP contribution in [0.2, 0.25) is 0 Å². The second kappa shape index (κ2) is 6.65. The third kappa shape index (κ3) is 2.71. The molecule has 4 aromatic rings. The molecule has 3 aromatic carbocycles. The first kappa shape index (κ1) is 17.3. The number of para-hydroxylation sites is 2. The molecule has 0 fully saturated rings.